The summed E-state index contributed by atoms with van der Waals surface area (Å²) >= 11 is 0. The van der Waals surface area contributed by atoms with Crippen LogP contribution < -0.4 is 0 Å². The van der Waals surface area contributed by atoms with E-state index < -0.39 is 0 Å². The van der Waals surface area contributed by atoms with Crippen molar-refractivity contribution in [2.24, 2.45) is 0 Å². The summed E-state index contributed by atoms with van der Waals surface area (Å²) in [6, 6.07) is 0. The molecule has 0 aromatic rings. The van der Waals surface area contributed by atoms with Crippen molar-refractivity contribution in [1.82, 2.24) is 0 Å². The van der Waals surface area contributed by atoms with Crippen LogP contribution in [-0.2, 0) is 21.9 Å². The molecule has 0 aromatic heterocycles. The minimum absolute atomic E-state index is 0. The van der Waals surface area contributed by atoms with Gasteiger partial charge < -0.3 is 21.9 Å². The van der Waals surface area contributed by atoms with Crippen molar-refractivity contribution in [3.8, 4) is 0 Å². The van der Waals surface area contributed by atoms with E-state index >= 15 is 0 Å². The van der Waals surface area contributed by atoms with E-state index in [0.29, 0.717) is 0 Å². The summed E-state index contributed by atoms with van der Waals surface area (Å²) in [6.45, 7) is 0. The smallest absolute Gasteiger partial charge is 2.00 e. The normalized spacial score (nSPS) is 0. The van der Waals surface area contributed by atoms with Crippen LogP contribution in [0.4, 0.5) is 0 Å². The average molecular weight is 142 g/mol. The molecule has 32 valence electrons. The summed E-state index contributed by atoms with van der Waals surface area (Å²) in [4.78, 5) is 0. The van der Waals surface area contributed by atoms with Gasteiger partial charge in [-0.05, 0) is 0 Å². The fraction of sp³-hybridized carbons (Fsp3) is 0. The monoisotopic (exact) mass is 142 g/mol. The molecule has 0 aliphatic heterocycles. The maximum atomic E-state index is 0. The molecular weight excluding hydrogens is 142 g/mol. The zero-order valence-corrected chi connectivity index (χ0v) is 7.22. The quantitative estimate of drug-likeness (QED) is 0.362. The Morgan fingerprint density at radius 1 is 0.429 bits per heavy atom. The molecule has 0 heterocycles. The fourth-order valence-electron chi connectivity index (χ4n) is 0. The molecule has 0 bridgehead atoms. The minimum Gasteiger partial charge on any atom is -2.00 e. The predicted molar refractivity (Wildman–Crippen MR) is 20.0 cm³/mol. The van der Waals surface area contributed by atoms with Gasteiger partial charge in [0.25, 0.3) is 0 Å². The Morgan fingerprint density at radius 3 is 0.429 bits per heavy atom. The van der Waals surface area contributed by atoms with Crippen molar-refractivity contribution in [2.45, 2.75) is 0 Å². The molecule has 7 heteroatoms. The Labute approximate surface area is 79.3 Å². The summed E-state index contributed by atoms with van der Waals surface area (Å²) in [5.41, 5.74) is 0. The Balaban J connectivity index is 0. The maximum Gasteiger partial charge on any atom is 3.00 e. The first-order chi connectivity index (χ1) is 0. The van der Waals surface area contributed by atoms with Gasteiger partial charge in [0.15, 0.2) is 0 Å². The Hall–Kier alpha value is 1.67. The molecule has 0 aromatic carbocycles. The molecule has 0 radical (unpaired) electrons. The van der Waals surface area contributed by atoms with E-state index in [4.69, 9.17) is 0 Å². The molecule has 0 atom stereocenters. The van der Waals surface area contributed by atoms with Crippen molar-refractivity contribution < 1.29 is 21.9 Å². The summed E-state index contributed by atoms with van der Waals surface area (Å²) < 4.78 is 0. The number of rotatable bonds is 0. The number of hydrogen-bond donors (Lipinski definition) is 0. The molecule has 0 amide bonds. The van der Waals surface area contributed by atoms with Crippen LogP contribution in [0.2, 0.25) is 0 Å². The standard InChI is InChI=1S/2Al.Mg.4O/q2*+3;+2;4*-2. The summed E-state index contributed by atoms with van der Waals surface area (Å²) in [6.07, 6.45) is 0. The maximum absolute atomic E-state index is 0. The predicted octanol–water partition coefficient (Wildman–Crippen LogP) is -1.62. The van der Waals surface area contributed by atoms with Gasteiger partial charge in [-0.25, -0.2) is 0 Å². The van der Waals surface area contributed by atoms with Gasteiger partial charge in [-0.2, -0.15) is 0 Å². The molecule has 0 saturated carbocycles. The van der Waals surface area contributed by atoms with E-state index in [-0.39, 0.29) is 79.7 Å². The SMILES string of the molecule is [Al+3].[Al+3].[Mg+2].[O-2].[O-2].[O-2].[O-2]. The molecule has 0 fully saturated rings. The molecule has 0 unspecified atom stereocenters. The molecule has 0 aliphatic rings. The molecule has 4 nitrogen and oxygen atoms in total. The van der Waals surface area contributed by atoms with Gasteiger partial charge in [-0.3, -0.25) is 0 Å². The van der Waals surface area contributed by atoms with Gasteiger partial charge in [-0.15, -0.1) is 0 Å². The van der Waals surface area contributed by atoms with Crippen LogP contribution in [0.1, 0.15) is 0 Å². The van der Waals surface area contributed by atoms with E-state index in [2.05, 4.69) is 0 Å². The van der Waals surface area contributed by atoms with E-state index in [1.54, 1.807) is 0 Å². The minimum atomic E-state index is 0. The van der Waals surface area contributed by atoms with Crippen LogP contribution in [-0.4, -0.2) is 57.8 Å². The zero-order valence-electron chi connectivity index (χ0n) is 3.49. The van der Waals surface area contributed by atoms with Crippen LogP contribution in [0.3, 0.4) is 0 Å². The van der Waals surface area contributed by atoms with Gasteiger partial charge in [0.2, 0.25) is 0 Å². The first kappa shape index (κ1) is 183. The van der Waals surface area contributed by atoms with Crippen molar-refractivity contribution in [3.05, 3.63) is 0 Å². The van der Waals surface area contributed by atoms with E-state index in [1.165, 1.54) is 0 Å². The topological polar surface area (TPSA) is 114 Å². The fourth-order valence-corrected chi connectivity index (χ4v) is 0. The number of hydrogen-bond acceptors (Lipinski definition) is 0. The van der Waals surface area contributed by atoms with Gasteiger partial charge in [0.05, 0.1) is 0 Å². The third-order valence-corrected chi connectivity index (χ3v) is 0. The van der Waals surface area contributed by atoms with E-state index in [1.807, 2.05) is 0 Å². The van der Waals surface area contributed by atoms with Crippen LogP contribution >= 0.6 is 0 Å². The van der Waals surface area contributed by atoms with Gasteiger partial charge in [0.1, 0.15) is 0 Å². The molecular formula is Al2MgO4. The van der Waals surface area contributed by atoms with Gasteiger partial charge in [-0.1, -0.05) is 0 Å². The Morgan fingerprint density at radius 2 is 0.429 bits per heavy atom. The Bertz CT molecular complexity index is 9.65. The molecule has 0 aliphatic carbocycles. The second kappa shape index (κ2) is 122. The summed E-state index contributed by atoms with van der Waals surface area (Å²) in [5, 5.41) is 0. The summed E-state index contributed by atoms with van der Waals surface area (Å²) in [5.74, 6) is 0. The summed E-state index contributed by atoms with van der Waals surface area (Å²) in [7, 11) is 0. The zero-order chi connectivity index (χ0) is 0. The van der Waals surface area contributed by atoms with Gasteiger partial charge in [0, 0.05) is 0 Å². The third-order valence-electron chi connectivity index (χ3n) is 0. The molecule has 0 saturated heterocycles. The largest absolute Gasteiger partial charge is 3.00 e. The molecule has 0 spiro atoms. The molecule has 7 heavy (non-hydrogen) atoms. The molecule has 0 rings (SSSR count). The van der Waals surface area contributed by atoms with Gasteiger partial charge >= 0.3 is 57.8 Å². The average Bonchev–Trinajstić information content (AvgIpc) is 0. The van der Waals surface area contributed by atoms with Crippen molar-refractivity contribution in [1.29, 1.82) is 0 Å². The van der Waals surface area contributed by atoms with Crippen LogP contribution in [0.25, 0.3) is 0 Å². The first-order valence-corrected chi connectivity index (χ1v) is 0. The Kier molecular flexibility index (Phi) is 3190. The van der Waals surface area contributed by atoms with Crippen molar-refractivity contribution >= 4 is 57.8 Å². The van der Waals surface area contributed by atoms with Crippen molar-refractivity contribution in [3.63, 3.8) is 0 Å². The van der Waals surface area contributed by atoms with Crippen LogP contribution in [0.15, 0.2) is 0 Å². The third kappa shape index (κ3) is 88.3. The van der Waals surface area contributed by atoms with E-state index in [9.17, 15) is 0 Å². The van der Waals surface area contributed by atoms with Crippen LogP contribution in [0, 0.1) is 0 Å². The van der Waals surface area contributed by atoms with Crippen LogP contribution in [0.5, 0.6) is 0 Å². The van der Waals surface area contributed by atoms with Crippen molar-refractivity contribution in [2.75, 3.05) is 0 Å². The second-order valence-electron chi connectivity index (χ2n) is 0. The first-order valence-electron chi connectivity index (χ1n) is 0. The second-order valence-corrected chi connectivity index (χ2v) is 0. The molecule has 0 N–H and O–H groups in total. The van der Waals surface area contributed by atoms with E-state index in [0.717, 1.165) is 0 Å².